The Balaban J connectivity index is 1.89. The second-order valence-electron chi connectivity index (χ2n) is 5.89. The second kappa shape index (κ2) is 6.37. The molecule has 0 aromatic rings. The Bertz CT molecular complexity index is 267. The molecule has 0 aromatic carbocycles. The van der Waals surface area contributed by atoms with Crippen molar-refractivity contribution in [3.8, 4) is 0 Å². The highest BCUT2D eigenvalue weighted by Gasteiger charge is 2.37. The average molecular weight is 234 g/mol. The van der Waals surface area contributed by atoms with Gasteiger partial charge in [0.2, 0.25) is 0 Å². The molecule has 0 N–H and O–H groups in total. The summed E-state index contributed by atoms with van der Waals surface area (Å²) in [6.07, 6.45) is 14.0. The zero-order valence-electron chi connectivity index (χ0n) is 11.0. The van der Waals surface area contributed by atoms with Crippen LogP contribution in [0.3, 0.4) is 0 Å². The van der Waals surface area contributed by atoms with Gasteiger partial charge < -0.3 is 0 Å². The number of rotatable bonds is 5. The van der Waals surface area contributed by atoms with Crippen molar-refractivity contribution in [2.75, 3.05) is 0 Å². The van der Waals surface area contributed by atoms with Gasteiger partial charge in [-0.25, -0.2) is 0 Å². The lowest BCUT2D eigenvalue weighted by atomic mass is 9.64. The predicted molar refractivity (Wildman–Crippen MR) is 71.8 cm³/mol. The summed E-state index contributed by atoms with van der Waals surface area (Å²) in [7, 11) is 0. The first-order chi connectivity index (χ1) is 8.33. The van der Waals surface area contributed by atoms with E-state index in [1.807, 2.05) is 6.08 Å². The van der Waals surface area contributed by atoms with Crippen molar-refractivity contribution >= 4 is 5.78 Å². The van der Waals surface area contributed by atoms with Gasteiger partial charge in [0, 0.05) is 12.3 Å². The average Bonchev–Trinajstić information content (AvgIpc) is 2.38. The lowest BCUT2D eigenvalue weighted by molar-refractivity contribution is -0.127. The zero-order valence-corrected chi connectivity index (χ0v) is 11.0. The molecule has 0 aliphatic heterocycles. The summed E-state index contributed by atoms with van der Waals surface area (Å²) >= 11 is 0. The number of allylic oxidation sites excluding steroid dienone is 1. The Labute approximate surface area is 106 Å². The van der Waals surface area contributed by atoms with Crippen LogP contribution in [0.1, 0.15) is 64.2 Å². The number of fused-ring (bicyclic) bond motifs is 1. The van der Waals surface area contributed by atoms with Crippen LogP contribution < -0.4 is 0 Å². The molecule has 0 heterocycles. The van der Waals surface area contributed by atoms with Gasteiger partial charge >= 0.3 is 0 Å². The van der Waals surface area contributed by atoms with Crippen LogP contribution in [0.2, 0.25) is 0 Å². The van der Waals surface area contributed by atoms with E-state index in [2.05, 4.69) is 6.58 Å². The highest BCUT2D eigenvalue weighted by Crippen LogP contribution is 2.44. The first-order valence-electron chi connectivity index (χ1n) is 7.46. The summed E-state index contributed by atoms with van der Waals surface area (Å²) in [4.78, 5) is 12.3. The molecule has 2 aliphatic carbocycles. The third-order valence-electron chi connectivity index (χ3n) is 4.82. The van der Waals surface area contributed by atoms with E-state index in [1.165, 1.54) is 44.9 Å². The van der Waals surface area contributed by atoms with Gasteiger partial charge in [-0.05, 0) is 37.5 Å². The largest absolute Gasteiger partial charge is 0.299 e. The molecule has 3 unspecified atom stereocenters. The molecule has 0 radical (unpaired) electrons. The maximum Gasteiger partial charge on any atom is 0.136 e. The number of carbonyl (C=O) groups is 1. The molecule has 17 heavy (non-hydrogen) atoms. The summed E-state index contributed by atoms with van der Waals surface area (Å²) in [5, 5.41) is 0. The van der Waals surface area contributed by atoms with E-state index in [9.17, 15) is 4.79 Å². The van der Waals surface area contributed by atoms with Crippen molar-refractivity contribution in [2.24, 2.45) is 17.8 Å². The van der Waals surface area contributed by atoms with Crippen LogP contribution in [-0.4, -0.2) is 5.78 Å². The van der Waals surface area contributed by atoms with Gasteiger partial charge in [-0.2, -0.15) is 0 Å². The van der Waals surface area contributed by atoms with E-state index in [0.29, 0.717) is 11.7 Å². The minimum atomic E-state index is 0.416. The summed E-state index contributed by atoms with van der Waals surface area (Å²) < 4.78 is 0. The first kappa shape index (κ1) is 12.9. The lowest BCUT2D eigenvalue weighted by Crippen LogP contribution is -2.35. The molecule has 0 aromatic heterocycles. The van der Waals surface area contributed by atoms with Crippen molar-refractivity contribution in [3.05, 3.63) is 12.7 Å². The highest BCUT2D eigenvalue weighted by molar-refractivity contribution is 5.81. The third-order valence-corrected chi connectivity index (χ3v) is 4.82. The molecule has 0 bridgehead atoms. The third kappa shape index (κ3) is 3.20. The Morgan fingerprint density at radius 2 is 1.88 bits per heavy atom. The van der Waals surface area contributed by atoms with Gasteiger partial charge in [0.05, 0.1) is 0 Å². The van der Waals surface area contributed by atoms with Crippen LogP contribution in [-0.2, 0) is 4.79 Å². The molecule has 0 spiro atoms. The molecule has 2 rings (SSSR count). The number of hydrogen-bond acceptors (Lipinski definition) is 1. The fraction of sp³-hybridized carbons (Fsp3) is 0.812. The van der Waals surface area contributed by atoms with Gasteiger partial charge in [-0.3, -0.25) is 4.79 Å². The molecule has 1 nitrogen and oxygen atoms in total. The van der Waals surface area contributed by atoms with E-state index in [-0.39, 0.29) is 0 Å². The maximum absolute atomic E-state index is 12.3. The van der Waals surface area contributed by atoms with Gasteiger partial charge in [0.1, 0.15) is 5.78 Å². The number of unbranched alkanes of at least 4 members (excludes halogenated alkanes) is 1. The summed E-state index contributed by atoms with van der Waals surface area (Å²) in [6, 6.07) is 0. The summed E-state index contributed by atoms with van der Waals surface area (Å²) in [5.74, 6) is 2.60. The Morgan fingerprint density at radius 1 is 1.12 bits per heavy atom. The van der Waals surface area contributed by atoms with Crippen molar-refractivity contribution in [1.82, 2.24) is 0 Å². The fourth-order valence-electron chi connectivity index (χ4n) is 3.94. The van der Waals surface area contributed by atoms with Gasteiger partial charge in [0.25, 0.3) is 0 Å². The van der Waals surface area contributed by atoms with Gasteiger partial charge in [-0.15, -0.1) is 6.58 Å². The van der Waals surface area contributed by atoms with Crippen molar-refractivity contribution in [2.45, 2.75) is 64.2 Å². The van der Waals surface area contributed by atoms with Crippen LogP contribution in [0.5, 0.6) is 0 Å². The molecule has 0 saturated heterocycles. The molecule has 2 aliphatic rings. The number of Topliss-reactive ketones (excluding diaryl/α,β-unsaturated/α-hetero) is 1. The number of hydrogen-bond donors (Lipinski definition) is 0. The monoisotopic (exact) mass is 234 g/mol. The number of ketones is 1. The van der Waals surface area contributed by atoms with E-state index in [4.69, 9.17) is 0 Å². The van der Waals surface area contributed by atoms with E-state index in [0.717, 1.165) is 31.1 Å². The SMILES string of the molecule is C=CCCCC(=O)C1CCCC2CCCCC21. The molecule has 2 fully saturated rings. The molecular weight excluding hydrogens is 208 g/mol. The van der Waals surface area contributed by atoms with E-state index < -0.39 is 0 Å². The quantitative estimate of drug-likeness (QED) is 0.505. The minimum absolute atomic E-state index is 0.416. The normalized spacial score (nSPS) is 32.8. The second-order valence-corrected chi connectivity index (χ2v) is 5.89. The standard InChI is InChI=1S/C16H26O/c1-2-3-4-12-16(17)15-11-7-9-13-8-5-6-10-14(13)15/h2,13-15H,1,3-12H2. The summed E-state index contributed by atoms with van der Waals surface area (Å²) in [5.41, 5.74) is 0. The van der Waals surface area contributed by atoms with Crippen LogP contribution in [0.25, 0.3) is 0 Å². The van der Waals surface area contributed by atoms with Crippen LogP contribution in [0, 0.1) is 17.8 Å². The van der Waals surface area contributed by atoms with Crippen molar-refractivity contribution in [3.63, 3.8) is 0 Å². The Kier molecular flexibility index (Phi) is 4.82. The predicted octanol–water partition coefficient (Wildman–Crippen LogP) is 4.52. The highest BCUT2D eigenvalue weighted by atomic mass is 16.1. The Morgan fingerprint density at radius 3 is 2.71 bits per heavy atom. The van der Waals surface area contributed by atoms with E-state index in [1.54, 1.807) is 0 Å². The summed E-state index contributed by atoms with van der Waals surface area (Å²) in [6.45, 7) is 3.72. The van der Waals surface area contributed by atoms with Crippen molar-refractivity contribution < 1.29 is 4.79 Å². The first-order valence-corrected chi connectivity index (χ1v) is 7.46. The topological polar surface area (TPSA) is 17.1 Å². The molecular formula is C16H26O. The van der Waals surface area contributed by atoms with Crippen LogP contribution in [0.15, 0.2) is 12.7 Å². The smallest absolute Gasteiger partial charge is 0.136 e. The Hall–Kier alpha value is -0.590. The minimum Gasteiger partial charge on any atom is -0.299 e. The molecule has 2 saturated carbocycles. The molecule has 3 atom stereocenters. The maximum atomic E-state index is 12.3. The van der Waals surface area contributed by atoms with E-state index >= 15 is 0 Å². The zero-order chi connectivity index (χ0) is 12.1. The molecule has 0 amide bonds. The van der Waals surface area contributed by atoms with Gasteiger partial charge in [0.15, 0.2) is 0 Å². The van der Waals surface area contributed by atoms with Crippen LogP contribution in [0.4, 0.5) is 0 Å². The fourth-order valence-corrected chi connectivity index (χ4v) is 3.94. The number of carbonyl (C=O) groups excluding carboxylic acids is 1. The van der Waals surface area contributed by atoms with Crippen molar-refractivity contribution in [1.29, 1.82) is 0 Å². The van der Waals surface area contributed by atoms with Gasteiger partial charge in [-0.1, -0.05) is 38.2 Å². The van der Waals surface area contributed by atoms with Crippen LogP contribution >= 0.6 is 0 Å². The molecule has 96 valence electrons. The molecule has 1 heteroatoms. The lowest BCUT2D eigenvalue weighted by Gasteiger charge is -2.40.